The summed E-state index contributed by atoms with van der Waals surface area (Å²) >= 11 is 0. The number of Topliss-reactive ketones (excluding diaryl/α,β-unsaturated/α-hetero) is 2. The number of nitrogens with two attached hydrogens (primary N) is 1. The maximum Gasteiger partial charge on any atom is 0.255 e. The van der Waals surface area contributed by atoms with Crippen LogP contribution in [0.2, 0.25) is 0 Å². The monoisotopic (exact) mass is 589 g/mol. The van der Waals surface area contributed by atoms with Crippen molar-refractivity contribution in [3.05, 3.63) is 63.9 Å². The normalized spacial score (nSPS) is 23.4. The van der Waals surface area contributed by atoms with E-state index in [1.54, 1.807) is 32.2 Å². The van der Waals surface area contributed by atoms with Crippen LogP contribution < -0.4 is 10.5 Å². The number of hydrogen-bond donors (Lipinski definition) is 4. The number of primary amides is 1. The first kappa shape index (κ1) is 30.3. The van der Waals surface area contributed by atoms with Crippen molar-refractivity contribution in [3.63, 3.8) is 0 Å². The number of phenols is 1. The lowest BCUT2D eigenvalue weighted by Crippen LogP contribution is -2.55. The molecule has 0 saturated heterocycles. The number of rotatable bonds is 8. The summed E-state index contributed by atoms with van der Waals surface area (Å²) in [6, 6.07) is 8.46. The number of aliphatic hydroxyl groups is 2. The van der Waals surface area contributed by atoms with Crippen molar-refractivity contribution in [2.24, 2.45) is 23.5 Å². The predicted molar refractivity (Wildman–Crippen MR) is 161 cm³/mol. The van der Waals surface area contributed by atoms with E-state index in [2.05, 4.69) is 24.8 Å². The molecule has 10 heteroatoms. The number of benzene rings is 2. The molecule has 4 atom stereocenters. The zero-order valence-electron chi connectivity index (χ0n) is 25.2. The van der Waals surface area contributed by atoms with Gasteiger partial charge in [0.15, 0.2) is 11.6 Å². The first-order valence-corrected chi connectivity index (χ1v) is 14.6. The Kier molecular flexibility index (Phi) is 8.11. The smallest absolute Gasteiger partial charge is 0.255 e. The number of ketones is 2. The number of hydrogen-bond acceptors (Lipinski definition) is 9. The van der Waals surface area contributed by atoms with Crippen LogP contribution >= 0.6 is 0 Å². The number of allylic oxidation sites excluding steroid dienone is 1. The summed E-state index contributed by atoms with van der Waals surface area (Å²) in [6.45, 7) is 6.75. The quantitative estimate of drug-likeness (QED) is 0.268. The SMILES string of the molecule is CCN(CC)Cc1ccc(OC)c(-c2ccc(O)c3c2CC2CC4C(C(=O)C(C(N)=O)=C(O)[C@H]4N(C)C)C(=O)C2=C3O)c1. The van der Waals surface area contributed by atoms with Crippen LogP contribution in [-0.4, -0.2) is 82.9 Å². The molecule has 5 rings (SSSR count). The fourth-order valence-electron chi connectivity index (χ4n) is 7.29. The van der Waals surface area contributed by atoms with Gasteiger partial charge in [-0.15, -0.1) is 0 Å². The fraction of sp³-hybridized carbons (Fsp3) is 0.424. The highest BCUT2D eigenvalue weighted by molar-refractivity contribution is 6.28. The van der Waals surface area contributed by atoms with Crippen molar-refractivity contribution >= 4 is 23.2 Å². The molecule has 0 heterocycles. The molecule has 5 N–H and O–H groups in total. The Balaban J connectivity index is 1.66. The van der Waals surface area contributed by atoms with Crippen molar-refractivity contribution in [1.29, 1.82) is 0 Å². The number of methoxy groups -OCH3 is 1. The maximum atomic E-state index is 14.0. The standard InChI is InChI=1S/C33H39N3O7/c1-6-36(7-2)15-16-8-11-23(43-5)19(12-16)18-9-10-22(37)25-20(18)13-17-14-21-26(30(39)24(17)29(25)38)31(40)27(33(34)42)32(41)28(21)35(3)4/h8-12,17,21,26,28,37-38,41H,6-7,13-15H2,1-5H3,(H2,34,42)/t17?,21?,26?,28-/m0/s1. The minimum absolute atomic E-state index is 0.0551. The van der Waals surface area contributed by atoms with Crippen LogP contribution in [0.4, 0.5) is 0 Å². The van der Waals surface area contributed by atoms with Crippen molar-refractivity contribution in [2.75, 3.05) is 34.3 Å². The molecule has 2 aromatic carbocycles. The lowest BCUT2D eigenvalue weighted by atomic mass is 9.59. The second kappa shape index (κ2) is 11.5. The van der Waals surface area contributed by atoms with E-state index in [1.165, 1.54) is 6.07 Å². The van der Waals surface area contributed by atoms with Gasteiger partial charge in [-0.3, -0.25) is 24.2 Å². The zero-order valence-corrected chi connectivity index (χ0v) is 25.2. The highest BCUT2D eigenvalue weighted by Gasteiger charge is 2.55. The van der Waals surface area contributed by atoms with E-state index in [4.69, 9.17) is 10.5 Å². The lowest BCUT2D eigenvalue weighted by Gasteiger charge is -2.46. The third kappa shape index (κ3) is 4.88. The number of phenolic OH excluding ortho intramolecular Hbond substituents is 1. The second-order valence-electron chi connectivity index (χ2n) is 11.8. The van der Waals surface area contributed by atoms with E-state index in [9.17, 15) is 29.7 Å². The Morgan fingerprint density at radius 3 is 2.33 bits per heavy atom. The van der Waals surface area contributed by atoms with Crippen molar-refractivity contribution in [2.45, 2.75) is 39.3 Å². The van der Waals surface area contributed by atoms with Gasteiger partial charge >= 0.3 is 0 Å². The summed E-state index contributed by atoms with van der Waals surface area (Å²) in [4.78, 5) is 43.6. The van der Waals surface area contributed by atoms with Crippen LogP contribution in [0.1, 0.15) is 37.0 Å². The van der Waals surface area contributed by atoms with E-state index in [-0.39, 0.29) is 29.1 Å². The highest BCUT2D eigenvalue weighted by Crippen LogP contribution is 2.52. The molecule has 0 bridgehead atoms. The molecule has 1 saturated carbocycles. The Labute approximate surface area is 251 Å². The van der Waals surface area contributed by atoms with Crippen molar-refractivity contribution < 1.29 is 34.4 Å². The molecule has 43 heavy (non-hydrogen) atoms. The number of carbonyl (C=O) groups is 3. The number of likely N-dealkylation sites (N-methyl/N-ethyl adjacent to an activating group) is 1. The van der Waals surface area contributed by atoms with Crippen molar-refractivity contribution in [3.8, 4) is 22.6 Å². The number of aliphatic hydroxyl groups excluding tert-OH is 2. The molecule has 1 fully saturated rings. The molecule has 0 aromatic heterocycles. The number of amides is 1. The van der Waals surface area contributed by atoms with Crippen LogP contribution in [0.5, 0.6) is 11.5 Å². The Hall–Kier alpha value is -4.15. The van der Waals surface area contributed by atoms with Gasteiger partial charge in [-0.2, -0.15) is 0 Å². The van der Waals surface area contributed by atoms with Crippen LogP contribution in [0.3, 0.4) is 0 Å². The van der Waals surface area contributed by atoms with Gasteiger partial charge in [0, 0.05) is 17.7 Å². The Bertz CT molecular complexity index is 1570. The number of carbonyl (C=O) groups excluding carboxylic acids is 3. The summed E-state index contributed by atoms with van der Waals surface area (Å²) in [7, 11) is 4.99. The second-order valence-corrected chi connectivity index (χ2v) is 11.8. The van der Waals surface area contributed by atoms with Crippen LogP contribution in [-0.2, 0) is 27.3 Å². The largest absolute Gasteiger partial charge is 0.510 e. The van der Waals surface area contributed by atoms with Gasteiger partial charge in [-0.05, 0) is 86.8 Å². The van der Waals surface area contributed by atoms with Gasteiger partial charge in [0.1, 0.15) is 28.6 Å². The summed E-state index contributed by atoms with van der Waals surface area (Å²) in [6.07, 6.45) is 0.590. The first-order chi connectivity index (χ1) is 20.4. The molecule has 228 valence electrons. The lowest BCUT2D eigenvalue weighted by molar-refractivity contribution is -0.136. The van der Waals surface area contributed by atoms with Gasteiger partial charge < -0.3 is 25.8 Å². The summed E-state index contributed by atoms with van der Waals surface area (Å²) in [5.41, 5.74) is 8.37. The third-order valence-electron chi connectivity index (χ3n) is 9.30. The van der Waals surface area contributed by atoms with Gasteiger partial charge in [-0.25, -0.2) is 0 Å². The maximum absolute atomic E-state index is 14.0. The van der Waals surface area contributed by atoms with E-state index in [1.807, 2.05) is 12.1 Å². The molecule has 10 nitrogen and oxygen atoms in total. The summed E-state index contributed by atoms with van der Waals surface area (Å²) in [5.74, 6) is -5.35. The summed E-state index contributed by atoms with van der Waals surface area (Å²) < 4.78 is 5.73. The molecule has 0 aliphatic heterocycles. The average molecular weight is 590 g/mol. The van der Waals surface area contributed by atoms with Crippen LogP contribution in [0, 0.1) is 17.8 Å². The molecule has 3 unspecified atom stereocenters. The first-order valence-electron chi connectivity index (χ1n) is 14.6. The Morgan fingerprint density at radius 1 is 1.02 bits per heavy atom. The van der Waals surface area contributed by atoms with E-state index in [0.29, 0.717) is 17.7 Å². The summed E-state index contributed by atoms with van der Waals surface area (Å²) in [5, 5.41) is 33.6. The molecule has 1 amide bonds. The topological polar surface area (TPSA) is 154 Å². The number of fused-ring (bicyclic) bond motifs is 3. The molecule has 3 aliphatic rings. The van der Waals surface area contributed by atoms with Gasteiger partial charge in [-0.1, -0.05) is 26.0 Å². The van der Waals surface area contributed by atoms with Crippen molar-refractivity contribution in [1.82, 2.24) is 9.80 Å². The third-order valence-corrected chi connectivity index (χ3v) is 9.30. The number of ether oxygens (including phenoxy) is 1. The molecule has 2 aromatic rings. The number of aromatic hydroxyl groups is 1. The minimum Gasteiger partial charge on any atom is -0.510 e. The molecular formula is C33H39N3O7. The molecule has 0 spiro atoms. The van der Waals surface area contributed by atoms with Gasteiger partial charge in [0.2, 0.25) is 0 Å². The van der Waals surface area contributed by atoms with Crippen LogP contribution in [0.15, 0.2) is 47.2 Å². The number of nitrogens with zero attached hydrogens (tertiary/aromatic N) is 2. The van der Waals surface area contributed by atoms with Gasteiger partial charge in [0.05, 0.1) is 24.6 Å². The zero-order chi connectivity index (χ0) is 31.3. The molecular weight excluding hydrogens is 550 g/mol. The van der Waals surface area contributed by atoms with Gasteiger partial charge in [0.25, 0.3) is 5.91 Å². The van der Waals surface area contributed by atoms with E-state index >= 15 is 0 Å². The molecule has 0 radical (unpaired) electrons. The van der Waals surface area contributed by atoms with E-state index < -0.39 is 52.6 Å². The highest BCUT2D eigenvalue weighted by atomic mass is 16.5. The fourth-order valence-corrected chi connectivity index (χ4v) is 7.29. The predicted octanol–water partition coefficient (Wildman–Crippen LogP) is 3.37. The minimum atomic E-state index is -1.29. The average Bonchev–Trinajstić information content (AvgIpc) is 2.95. The Morgan fingerprint density at radius 2 is 1.72 bits per heavy atom. The van der Waals surface area contributed by atoms with E-state index in [0.717, 1.165) is 36.3 Å². The van der Waals surface area contributed by atoms with Crippen LogP contribution in [0.25, 0.3) is 16.9 Å². The molecule has 3 aliphatic carbocycles.